The molecule has 98 valence electrons. The van der Waals surface area contributed by atoms with E-state index in [0.717, 1.165) is 29.0 Å². The molecule has 1 aromatic carbocycles. The standard InChI is InChI=1S/C14H12N6/c1-2-10-17-13-11(15-8-16-13)14-18-12(19-20(10)14)9-6-4-3-5-7-9/h3-8H,2H2,1H3,(H,15,16). The van der Waals surface area contributed by atoms with Crippen molar-refractivity contribution in [1.29, 1.82) is 0 Å². The van der Waals surface area contributed by atoms with Gasteiger partial charge in [0.15, 0.2) is 17.1 Å². The molecule has 6 nitrogen and oxygen atoms in total. The van der Waals surface area contributed by atoms with Crippen molar-refractivity contribution in [3.05, 3.63) is 42.5 Å². The van der Waals surface area contributed by atoms with E-state index >= 15 is 0 Å². The smallest absolute Gasteiger partial charge is 0.185 e. The third-order valence-electron chi connectivity index (χ3n) is 3.28. The van der Waals surface area contributed by atoms with Crippen molar-refractivity contribution in [3.63, 3.8) is 0 Å². The maximum absolute atomic E-state index is 4.63. The number of nitrogens with zero attached hydrogens (tertiary/aromatic N) is 5. The van der Waals surface area contributed by atoms with Crippen LogP contribution >= 0.6 is 0 Å². The number of aryl methyl sites for hydroxylation is 1. The zero-order valence-electron chi connectivity index (χ0n) is 10.9. The van der Waals surface area contributed by atoms with Gasteiger partial charge < -0.3 is 4.98 Å². The van der Waals surface area contributed by atoms with E-state index in [4.69, 9.17) is 0 Å². The fraction of sp³-hybridized carbons (Fsp3) is 0.143. The summed E-state index contributed by atoms with van der Waals surface area (Å²) in [5.41, 5.74) is 3.26. The number of fused-ring (bicyclic) bond motifs is 3. The van der Waals surface area contributed by atoms with E-state index in [1.165, 1.54) is 0 Å². The molecule has 0 bridgehead atoms. The minimum atomic E-state index is 0.682. The van der Waals surface area contributed by atoms with Crippen LogP contribution in [0.2, 0.25) is 0 Å². The number of hydrogen-bond acceptors (Lipinski definition) is 4. The Hall–Kier alpha value is -2.76. The summed E-state index contributed by atoms with van der Waals surface area (Å²) < 4.78 is 1.79. The highest BCUT2D eigenvalue weighted by molar-refractivity contribution is 5.85. The summed E-state index contributed by atoms with van der Waals surface area (Å²) in [5, 5.41) is 4.58. The van der Waals surface area contributed by atoms with E-state index in [-0.39, 0.29) is 0 Å². The van der Waals surface area contributed by atoms with E-state index in [2.05, 4.69) is 25.0 Å². The van der Waals surface area contributed by atoms with Gasteiger partial charge in [-0.3, -0.25) is 0 Å². The largest absolute Gasteiger partial charge is 0.340 e. The molecule has 0 saturated heterocycles. The minimum Gasteiger partial charge on any atom is -0.340 e. The lowest BCUT2D eigenvalue weighted by atomic mass is 10.2. The maximum atomic E-state index is 4.63. The zero-order valence-corrected chi connectivity index (χ0v) is 10.9. The van der Waals surface area contributed by atoms with Crippen LogP contribution in [0.15, 0.2) is 36.7 Å². The van der Waals surface area contributed by atoms with E-state index < -0.39 is 0 Å². The summed E-state index contributed by atoms with van der Waals surface area (Å²) in [7, 11) is 0. The van der Waals surface area contributed by atoms with Crippen LogP contribution in [0, 0.1) is 0 Å². The van der Waals surface area contributed by atoms with E-state index in [1.54, 1.807) is 10.8 Å². The summed E-state index contributed by atoms with van der Waals surface area (Å²) >= 11 is 0. The normalized spacial score (nSPS) is 11.4. The Balaban J connectivity index is 2.07. The number of aromatic nitrogens is 6. The molecule has 4 rings (SSSR count). The first-order chi connectivity index (χ1) is 9.86. The van der Waals surface area contributed by atoms with Gasteiger partial charge in [-0.25, -0.2) is 15.0 Å². The summed E-state index contributed by atoms with van der Waals surface area (Å²) in [5.74, 6) is 1.55. The molecule has 4 aromatic rings. The van der Waals surface area contributed by atoms with Crippen LogP contribution in [0.4, 0.5) is 0 Å². The van der Waals surface area contributed by atoms with Gasteiger partial charge in [-0.1, -0.05) is 37.3 Å². The second-order valence-electron chi connectivity index (χ2n) is 4.52. The van der Waals surface area contributed by atoms with Crippen molar-refractivity contribution in [1.82, 2.24) is 29.5 Å². The Morgan fingerprint density at radius 3 is 2.80 bits per heavy atom. The number of aromatic amines is 1. The lowest BCUT2D eigenvalue weighted by Gasteiger charge is -1.99. The third-order valence-corrected chi connectivity index (χ3v) is 3.28. The molecular formula is C14H12N6. The molecule has 0 unspecified atom stereocenters. The van der Waals surface area contributed by atoms with E-state index in [1.807, 2.05) is 37.3 Å². The van der Waals surface area contributed by atoms with Gasteiger partial charge in [0.25, 0.3) is 0 Å². The summed E-state index contributed by atoms with van der Waals surface area (Å²) in [6.45, 7) is 2.05. The first-order valence-corrected chi connectivity index (χ1v) is 6.51. The topological polar surface area (TPSA) is 71.8 Å². The van der Waals surface area contributed by atoms with Gasteiger partial charge in [0.1, 0.15) is 11.3 Å². The fourth-order valence-corrected chi connectivity index (χ4v) is 2.30. The molecule has 0 spiro atoms. The monoisotopic (exact) mass is 264 g/mol. The Bertz CT molecular complexity index is 890. The van der Waals surface area contributed by atoms with Crippen molar-refractivity contribution in [3.8, 4) is 11.4 Å². The first-order valence-electron chi connectivity index (χ1n) is 6.51. The van der Waals surface area contributed by atoms with E-state index in [0.29, 0.717) is 11.5 Å². The highest BCUT2D eigenvalue weighted by atomic mass is 15.3. The van der Waals surface area contributed by atoms with Gasteiger partial charge in [-0.05, 0) is 0 Å². The van der Waals surface area contributed by atoms with Crippen LogP contribution in [-0.4, -0.2) is 29.5 Å². The van der Waals surface area contributed by atoms with Crippen molar-refractivity contribution in [2.24, 2.45) is 0 Å². The van der Waals surface area contributed by atoms with Crippen LogP contribution in [0.25, 0.3) is 28.2 Å². The highest BCUT2D eigenvalue weighted by Crippen LogP contribution is 2.20. The second kappa shape index (κ2) is 4.12. The van der Waals surface area contributed by atoms with E-state index in [9.17, 15) is 0 Å². The molecule has 0 aliphatic rings. The predicted octanol–water partition coefficient (Wildman–Crippen LogP) is 2.23. The lowest BCUT2D eigenvalue weighted by Crippen LogP contribution is -2.02. The van der Waals surface area contributed by atoms with Crippen molar-refractivity contribution >= 4 is 16.8 Å². The first kappa shape index (κ1) is 11.1. The van der Waals surface area contributed by atoms with Crippen molar-refractivity contribution in [2.45, 2.75) is 13.3 Å². The molecule has 0 fully saturated rings. The quantitative estimate of drug-likeness (QED) is 0.602. The van der Waals surface area contributed by atoms with Crippen LogP contribution in [0.5, 0.6) is 0 Å². The van der Waals surface area contributed by atoms with Gasteiger partial charge >= 0.3 is 0 Å². The number of H-pyrrole nitrogens is 1. The fourth-order valence-electron chi connectivity index (χ4n) is 2.30. The van der Waals surface area contributed by atoms with Gasteiger partial charge in [0.2, 0.25) is 0 Å². The number of benzene rings is 1. The lowest BCUT2D eigenvalue weighted by molar-refractivity contribution is 0.823. The predicted molar refractivity (Wildman–Crippen MR) is 75.2 cm³/mol. The summed E-state index contributed by atoms with van der Waals surface area (Å²) in [4.78, 5) is 16.4. The Kier molecular flexibility index (Phi) is 2.29. The number of nitrogens with one attached hydrogen (secondary N) is 1. The van der Waals surface area contributed by atoms with Crippen molar-refractivity contribution < 1.29 is 0 Å². The van der Waals surface area contributed by atoms with Crippen LogP contribution in [0.1, 0.15) is 12.7 Å². The Morgan fingerprint density at radius 2 is 2.00 bits per heavy atom. The van der Waals surface area contributed by atoms with Gasteiger partial charge in [0, 0.05) is 12.0 Å². The molecule has 3 heterocycles. The highest BCUT2D eigenvalue weighted by Gasteiger charge is 2.14. The maximum Gasteiger partial charge on any atom is 0.185 e. The number of hydrogen-bond donors (Lipinski definition) is 1. The van der Waals surface area contributed by atoms with Crippen LogP contribution in [0.3, 0.4) is 0 Å². The third kappa shape index (κ3) is 1.51. The summed E-state index contributed by atoms with van der Waals surface area (Å²) in [6, 6.07) is 9.93. The molecule has 0 amide bonds. The van der Waals surface area contributed by atoms with Crippen LogP contribution < -0.4 is 0 Å². The molecule has 0 atom stereocenters. The summed E-state index contributed by atoms with van der Waals surface area (Å²) in [6.07, 6.45) is 2.41. The van der Waals surface area contributed by atoms with Crippen molar-refractivity contribution in [2.75, 3.05) is 0 Å². The molecule has 0 radical (unpaired) electrons. The average Bonchev–Trinajstić information content (AvgIpc) is 3.13. The molecule has 20 heavy (non-hydrogen) atoms. The zero-order chi connectivity index (χ0) is 13.5. The minimum absolute atomic E-state index is 0.682. The number of rotatable bonds is 2. The van der Waals surface area contributed by atoms with Gasteiger partial charge in [-0.2, -0.15) is 4.52 Å². The SMILES string of the molecule is CCc1nc2nc[nH]c2c2nc(-c3ccccc3)nn12. The average molecular weight is 264 g/mol. The van der Waals surface area contributed by atoms with Crippen LogP contribution in [-0.2, 0) is 6.42 Å². The number of imidazole rings is 1. The molecule has 1 N–H and O–H groups in total. The Labute approximate surface area is 114 Å². The van der Waals surface area contributed by atoms with Gasteiger partial charge in [0.05, 0.1) is 6.33 Å². The molecule has 0 aliphatic carbocycles. The molecule has 0 aliphatic heterocycles. The molecule has 3 aromatic heterocycles. The molecule has 6 heteroatoms. The Morgan fingerprint density at radius 1 is 1.15 bits per heavy atom. The molecule has 0 saturated carbocycles. The van der Waals surface area contributed by atoms with Gasteiger partial charge in [-0.15, -0.1) is 5.10 Å². The molecular weight excluding hydrogens is 252 g/mol. The second-order valence-corrected chi connectivity index (χ2v) is 4.52.